The predicted molar refractivity (Wildman–Crippen MR) is 66.6 cm³/mol. The first-order valence-electron chi connectivity index (χ1n) is 3.73. The maximum atomic E-state index is 5.91. The van der Waals surface area contributed by atoms with Gasteiger partial charge in [0.25, 0.3) is 0 Å². The number of alkyl halides is 1. The summed E-state index contributed by atoms with van der Waals surface area (Å²) >= 11 is 8.60. The summed E-state index contributed by atoms with van der Waals surface area (Å²) < 4.78 is 2.29. The van der Waals surface area contributed by atoms with Gasteiger partial charge >= 0.3 is 0 Å². The van der Waals surface area contributed by atoms with Crippen LogP contribution >= 0.6 is 43.2 Å². The van der Waals surface area contributed by atoms with Gasteiger partial charge in [-0.2, -0.15) is 0 Å². The van der Waals surface area contributed by atoms with E-state index in [0.29, 0.717) is 0 Å². The quantitative estimate of drug-likeness (QED) is 0.620. The zero-order valence-electron chi connectivity index (χ0n) is 6.68. The smallest absolute Gasteiger partial charge is 0.0584 e. The fourth-order valence-corrected chi connectivity index (χ4v) is 3.16. The molecule has 4 heteroatoms. The van der Waals surface area contributed by atoms with Crippen molar-refractivity contribution in [3.8, 4) is 0 Å². The number of thiophene rings is 1. The monoisotopic (exact) mass is 319 g/mol. The van der Waals surface area contributed by atoms with Crippen molar-refractivity contribution in [2.75, 3.05) is 5.73 Å². The van der Waals surface area contributed by atoms with E-state index in [1.54, 1.807) is 11.3 Å². The summed E-state index contributed by atoms with van der Waals surface area (Å²) in [5, 5.41) is 4.12. The van der Waals surface area contributed by atoms with Crippen LogP contribution in [0.1, 0.15) is 5.56 Å². The van der Waals surface area contributed by atoms with Crippen molar-refractivity contribution in [3.63, 3.8) is 0 Å². The van der Waals surface area contributed by atoms with Crippen molar-refractivity contribution in [3.05, 3.63) is 27.5 Å². The standard InChI is InChI=1S/C9H7Br2NS/c10-3-5-1-6-7(11)4-13-9(6)8(12)2-5/h1-2,4H,3,12H2. The molecular formula is C9H7Br2NS. The van der Waals surface area contributed by atoms with E-state index in [2.05, 4.69) is 43.3 Å². The van der Waals surface area contributed by atoms with Gasteiger partial charge < -0.3 is 5.73 Å². The summed E-state index contributed by atoms with van der Waals surface area (Å²) in [5.74, 6) is 0. The van der Waals surface area contributed by atoms with E-state index in [-0.39, 0.29) is 0 Å². The molecule has 0 aliphatic rings. The van der Waals surface area contributed by atoms with Crippen molar-refractivity contribution < 1.29 is 0 Å². The number of hydrogen-bond donors (Lipinski definition) is 1. The molecule has 0 saturated heterocycles. The molecule has 1 aromatic carbocycles. The van der Waals surface area contributed by atoms with E-state index in [0.717, 1.165) is 20.2 Å². The molecule has 0 aliphatic carbocycles. The summed E-state index contributed by atoms with van der Waals surface area (Å²) in [6, 6.07) is 4.17. The second-order valence-electron chi connectivity index (χ2n) is 2.78. The third-order valence-corrected chi connectivity index (χ3v) is 4.52. The van der Waals surface area contributed by atoms with Gasteiger partial charge in [-0.1, -0.05) is 15.9 Å². The molecule has 0 atom stereocenters. The van der Waals surface area contributed by atoms with Gasteiger partial charge in [0.05, 0.1) is 4.70 Å². The number of anilines is 1. The van der Waals surface area contributed by atoms with Gasteiger partial charge in [0.2, 0.25) is 0 Å². The minimum absolute atomic E-state index is 0.843. The van der Waals surface area contributed by atoms with Crippen LogP contribution in [0.3, 0.4) is 0 Å². The van der Waals surface area contributed by atoms with Crippen LogP contribution in [0.25, 0.3) is 10.1 Å². The van der Waals surface area contributed by atoms with E-state index < -0.39 is 0 Å². The van der Waals surface area contributed by atoms with Crippen LogP contribution in [-0.4, -0.2) is 0 Å². The van der Waals surface area contributed by atoms with Crippen molar-refractivity contribution in [2.45, 2.75) is 5.33 Å². The van der Waals surface area contributed by atoms with Crippen LogP contribution in [0, 0.1) is 0 Å². The topological polar surface area (TPSA) is 26.0 Å². The Labute approximate surface area is 97.2 Å². The Bertz CT molecular complexity index is 450. The Morgan fingerprint density at radius 3 is 2.85 bits per heavy atom. The number of fused-ring (bicyclic) bond motifs is 1. The van der Waals surface area contributed by atoms with E-state index in [4.69, 9.17) is 5.73 Å². The Morgan fingerprint density at radius 2 is 2.15 bits per heavy atom. The molecule has 13 heavy (non-hydrogen) atoms. The first-order valence-corrected chi connectivity index (χ1v) is 6.53. The predicted octanol–water partition coefficient (Wildman–Crippen LogP) is 4.14. The molecule has 1 aromatic heterocycles. The molecular weight excluding hydrogens is 314 g/mol. The minimum atomic E-state index is 0.843. The fourth-order valence-electron chi connectivity index (χ4n) is 1.27. The molecule has 0 fully saturated rings. The fraction of sp³-hybridized carbons (Fsp3) is 0.111. The normalized spacial score (nSPS) is 10.9. The summed E-state index contributed by atoms with van der Waals surface area (Å²) in [7, 11) is 0. The minimum Gasteiger partial charge on any atom is -0.398 e. The number of nitrogens with two attached hydrogens (primary N) is 1. The van der Waals surface area contributed by atoms with Crippen LogP contribution in [0.15, 0.2) is 22.0 Å². The molecule has 0 aliphatic heterocycles. The van der Waals surface area contributed by atoms with E-state index in [1.807, 2.05) is 6.07 Å². The molecule has 0 radical (unpaired) electrons. The number of rotatable bonds is 1. The maximum absolute atomic E-state index is 5.91. The highest BCUT2D eigenvalue weighted by atomic mass is 79.9. The maximum Gasteiger partial charge on any atom is 0.0584 e. The molecule has 0 spiro atoms. The lowest BCUT2D eigenvalue weighted by molar-refractivity contribution is 1.47. The van der Waals surface area contributed by atoms with Crippen molar-refractivity contribution in [1.82, 2.24) is 0 Å². The number of nitrogen functional groups attached to an aromatic ring is 1. The summed E-state index contributed by atoms with van der Waals surface area (Å²) in [5.41, 5.74) is 7.99. The molecule has 1 heterocycles. The Hall–Kier alpha value is -0.0600. The third-order valence-electron chi connectivity index (χ3n) is 1.87. The van der Waals surface area contributed by atoms with E-state index in [1.165, 1.54) is 10.9 Å². The van der Waals surface area contributed by atoms with Gasteiger partial charge in [-0.3, -0.25) is 0 Å². The Balaban J connectivity index is 2.80. The summed E-state index contributed by atoms with van der Waals surface area (Å²) in [6.07, 6.45) is 0. The summed E-state index contributed by atoms with van der Waals surface area (Å²) in [6.45, 7) is 0. The second-order valence-corrected chi connectivity index (χ2v) is 5.07. The van der Waals surface area contributed by atoms with E-state index >= 15 is 0 Å². The van der Waals surface area contributed by atoms with Gasteiger partial charge in [-0.25, -0.2) is 0 Å². The molecule has 2 aromatic rings. The Kier molecular flexibility index (Phi) is 2.62. The highest BCUT2D eigenvalue weighted by Gasteiger charge is 2.05. The molecule has 0 bridgehead atoms. The van der Waals surface area contributed by atoms with Crippen LogP contribution in [0.5, 0.6) is 0 Å². The SMILES string of the molecule is Nc1cc(CBr)cc2c(Br)csc12. The van der Waals surface area contributed by atoms with Crippen LogP contribution in [0.2, 0.25) is 0 Å². The van der Waals surface area contributed by atoms with Crippen LogP contribution in [-0.2, 0) is 5.33 Å². The van der Waals surface area contributed by atoms with Crippen LogP contribution < -0.4 is 5.73 Å². The number of hydrogen-bond acceptors (Lipinski definition) is 2. The Morgan fingerprint density at radius 1 is 1.38 bits per heavy atom. The van der Waals surface area contributed by atoms with Gasteiger partial charge in [0.1, 0.15) is 0 Å². The van der Waals surface area contributed by atoms with Crippen molar-refractivity contribution >= 4 is 59.0 Å². The van der Waals surface area contributed by atoms with Gasteiger partial charge in [-0.05, 0) is 33.6 Å². The van der Waals surface area contributed by atoms with Crippen molar-refractivity contribution in [1.29, 1.82) is 0 Å². The molecule has 2 rings (SSSR count). The molecule has 0 saturated carbocycles. The van der Waals surface area contributed by atoms with Crippen LogP contribution in [0.4, 0.5) is 5.69 Å². The van der Waals surface area contributed by atoms with Gasteiger partial charge in [0, 0.05) is 26.3 Å². The summed E-state index contributed by atoms with van der Waals surface area (Å²) in [4.78, 5) is 0. The highest BCUT2D eigenvalue weighted by Crippen LogP contribution is 2.35. The van der Waals surface area contributed by atoms with Gasteiger partial charge in [-0.15, -0.1) is 11.3 Å². The lowest BCUT2D eigenvalue weighted by atomic mass is 10.1. The third kappa shape index (κ3) is 1.63. The van der Waals surface area contributed by atoms with E-state index in [9.17, 15) is 0 Å². The molecule has 0 unspecified atom stereocenters. The molecule has 1 nitrogen and oxygen atoms in total. The van der Waals surface area contributed by atoms with Gasteiger partial charge in [0.15, 0.2) is 0 Å². The average Bonchev–Trinajstić information content (AvgIpc) is 2.48. The lowest BCUT2D eigenvalue weighted by Crippen LogP contribution is -1.87. The zero-order valence-corrected chi connectivity index (χ0v) is 10.7. The number of halogens is 2. The largest absolute Gasteiger partial charge is 0.398 e. The zero-order chi connectivity index (χ0) is 9.42. The lowest BCUT2D eigenvalue weighted by Gasteiger charge is -2.00. The van der Waals surface area contributed by atoms with Crippen molar-refractivity contribution in [2.24, 2.45) is 0 Å². The first-order chi connectivity index (χ1) is 6.22. The molecule has 0 amide bonds. The highest BCUT2D eigenvalue weighted by molar-refractivity contribution is 9.10. The number of benzene rings is 1. The first kappa shape index (κ1) is 9.49. The molecule has 68 valence electrons. The second kappa shape index (κ2) is 3.59. The molecule has 2 N–H and O–H groups in total. The average molecular weight is 321 g/mol.